The molecule has 0 unspecified atom stereocenters. The van der Waals surface area contributed by atoms with Crippen LogP contribution < -0.4 is 14.4 Å². The van der Waals surface area contributed by atoms with Gasteiger partial charge >= 0.3 is 0 Å². The van der Waals surface area contributed by atoms with Crippen LogP contribution in [0, 0.1) is 6.92 Å². The zero-order chi connectivity index (χ0) is 22.6. The lowest BCUT2D eigenvalue weighted by atomic mass is 10.2. The molecule has 0 saturated heterocycles. The van der Waals surface area contributed by atoms with Crippen LogP contribution >= 0.6 is 23.2 Å². The molecule has 0 aliphatic rings. The van der Waals surface area contributed by atoms with Gasteiger partial charge in [0.15, 0.2) is 0 Å². The maximum Gasteiger partial charge on any atom is 0.264 e. The number of benzene rings is 3. The average molecular weight is 479 g/mol. The van der Waals surface area contributed by atoms with Crippen molar-refractivity contribution >= 4 is 50.5 Å². The van der Waals surface area contributed by atoms with Crippen molar-refractivity contribution in [3.63, 3.8) is 0 Å². The number of amides is 1. The van der Waals surface area contributed by atoms with Gasteiger partial charge in [0.2, 0.25) is 5.91 Å². The Labute approximate surface area is 191 Å². The molecule has 162 valence electrons. The first-order valence-corrected chi connectivity index (χ1v) is 11.4. The van der Waals surface area contributed by atoms with E-state index in [0.717, 1.165) is 4.31 Å². The second-order valence-electron chi connectivity index (χ2n) is 6.62. The minimum atomic E-state index is -4.05. The molecule has 0 atom stereocenters. The number of methoxy groups -OCH3 is 1. The molecule has 0 aliphatic carbocycles. The molecule has 0 bridgehead atoms. The van der Waals surface area contributed by atoms with E-state index in [1.54, 1.807) is 61.5 Å². The van der Waals surface area contributed by atoms with Gasteiger partial charge in [0.05, 0.1) is 17.7 Å². The molecule has 0 heterocycles. The highest BCUT2D eigenvalue weighted by atomic mass is 35.5. The number of halogens is 2. The third kappa shape index (κ3) is 5.31. The van der Waals surface area contributed by atoms with Gasteiger partial charge in [-0.15, -0.1) is 0 Å². The Morgan fingerprint density at radius 3 is 2.26 bits per heavy atom. The van der Waals surface area contributed by atoms with E-state index in [-0.39, 0.29) is 4.90 Å². The predicted molar refractivity (Wildman–Crippen MR) is 124 cm³/mol. The van der Waals surface area contributed by atoms with E-state index in [0.29, 0.717) is 32.7 Å². The van der Waals surface area contributed by atoms with Crippen LogP contribution in [0.5, 0.6) is 5.75 Å². The summed E-state index contributed by atoms with van der Waals surface area (Å²) in [6.45, 7) is 1.32. The van der Waals surface area contributed by atoms with Crippen LogP contribution in [0.3, 0.4) is 0 Å². The zero-order valence-electron chi connectivity index (χ0n) is 16.8. The summed E-state index contributed by atoms with van der Waals surface area (Å²) in [7, 11) is -2.56. The van der Waals surface area contributed by atoms with E-state index >= 15 is 0 Å². The van der Waals surface area contributed by atoms with Crippen molar-refractivity contribution in [1.82, 2.24) is 0 Å². The maximum atomic E-state index is 13.4. The fraction of sp³-hybridized carbons (Fsp3) is 0.136. The van der Waals surface area contributed by atoms with E-state index < -0.39 is 22.5 Å². The lowest BCUT2D eigenvalue weighted by Crippen LogP contribution is -2.38. The average Bonchev–Trinajstić information content (AvgIpc) is 2.76. The van der Waals surface area contributed by atoms with Crippen molar-refractivity contribution in [2.24, 2.45) is 0 Å². The second kappa shape index (κ2) is 9.60. The summed E-state index contributed by atoms with van der Waals surface area (Å²) in [6, 6.07) is 17.3. The molecule has 0 radical (unpaired) electrons. The number of nitrogens with zero attached hydrogens (tertiary/aromatic N) is 1. The Hall–Kier alpha value is -2.74. The molecule has 0 aromatic heterocycles. The first-order valence-electron chi connectivity index (χ1n) is 9.19. The molecule has 3 rings (SSSR count). The molecule has 3 aromatic carbocycles. The molecule has 6 nitrogen and oxygen atoms in total. The highest BCUT2D eigenvalue weighted by molar-refractivity contribution is 7.92. The van der Waals surface area contributed by atoms with E-state index in [4.69, 9.17) is 27.9 Å². The Morgan fingerprint density at radius 2 is 1.65 bits per heavy atom. The van der Waals surface area contributed by atoms with Gasteiger partial charge in [-0.3, -0.25) is 9.10 Å². The summed E-state index contributed by atoms with van der Waals surface area (Å²) in [5, 5.41) is 3.68. The monoisotopic (exact) mass is 478 g/mol. The minimum absolute atomic E-state index is 0.0231. The second-order valence-corrected chi connectivity index (χ2v) is 9.33. The molecule has 0 fully saturated rings. The van der Waals surface area contributed by atoms with Crippen LogP contribution in [-0.4, -0.2) is 28.0 Å². The summed E-state index contributed by atoms with van der Waals surface area (Å²) in [5.41, 5.74) is 1.50. The molecular weight excluding hydrogens is 459 g/mol. The fourth-order valence-electron chi connectivity index (χ4n) is 2.86. The Morgan fingerprint density at radius 1 is 1.00 bits per heavy atom. The summed E-state index contributed by atoms with van der Waals surface area (Å²) in [5.74, 6) is 0.00331. The molecule has 9 heteroatoms. The number of rotatable bonds is 7. The molecule has 0 spiro atoms. The largest absolute Gasteiger partial charge is 0.497 e. The van der Waals surface area contributed by atoms with E-state index in [2.05, 4.69) is 5.32 Å². The lowest BCUT2D eigenvalue weighted by Gasteiger charge is -2.24. The number of hydrogen-bond donors (Lipinski definition) is 1. The predicted octanol–water partition coefficient (Wildman–Crippen LogP) is 5.14. The summed E-state index contributed by atoms with van der Waals surface area (Å²) >= 11 is 12.1. The number of nitrogens with one attached hydrogen (secondary N) is 1. The highest BCUT2D eigenvalue weighted by Gasteiger charge is 2.27. The number of carbonyl (C=O) groups is 1. The SMILES string of the molecule is COc1ccc(S(=O)(=O)N(CC(=O)Nc2cccc(Cl)c2C)c2ccc(Cl)cc2)cc1. The van der Waals surface area contributed by atoms with Gasteiger partial charge in [0.25, 0.3) is 10.0 Å². The fourth-order valence-corrected chi connectivity index (χ4v) is 4.58. The first-order chi connectivity index (χ1) is 14.7. The lowest BCUT2D eigenvalue weighted by molar-refractivity contribution is -0.114. The van der Waals surface area contributed by atoms with Crippen molar-refractivity contribution in [3.05, 3.63) is 82.3 Å². The van der Waals surface area contributed by atoms with Gasteiger partial charge in [0.1, 0.15) is 12.3 Å². The zero-order valence-corrected chi connectivity index (χ0v) is 19.1. The quantitative estimate of drug-likeness (QED) is 0.509. The highest BCUT2D eigenvalue weighted by Crippen LogP contribution is 2.27. The van der Waals surface area contributed by atoms with Crippen molar-refractivity contribution in [3.8, 4) is 5.75 Å². The third-order valence-electron chi connectivity index (χ3n) is 4.59. The number of carbonyl (C=O) groups excluding carboxylic acids is 1. The molecule has 1 N–H and O–H groups in total. The van der Waals surface area contributed by atoms with Crippen LogP contribution in [0.4, 0.5) is 11.4 Å². The molecule has 3 aromatic rings. The summed E-state index contributed by atoms with van der Waals surface area (Å²) < 4.78 is 32.9. The summed E-state index contributed by atoms with van der Waals surface area (Å²) in [6.07, 6.45) is 0. The normalized spacial score (nSPS) is 11.1. The molecule has 0 aliphatic heterocycles. The topological polar surface area (TPSA) is 75.7 Å². The van der Waals surface area contributed by atoms with Gasteiger partial charge in [-0.05, 0) is 73.2 Å². The van der Waals surface area contributed by atoms with Gasteiger partial charge in [-0.25, -0.2) is 8.42 Å². The van der Waals surface area contributed by atoms with Crippen molar-refractivity contribution in [2.45, 2.75) is 11.8 Å². The molecule has 1 amide bonds. The molecule has 0 saturated carbocycles. The van der Waals surface area contributed by atoms with Gasteiger partial charge in [-0.1, -0.05) is 29.3 Å². The third-order valence-corrected chi connectivity index (χ3v) is 7.04. The van der Waals surface area contributed by atoms with E-state index in [1.807, 2.05) is 0 Å². The maximum absolute atomic E-state index is 13.4. The Kier molecular flexibility index (Phi) is 7.10. The van der Waals surface area contributed by atoms with Crippen LogP contribution in [-0.2, 0) is 14.8 Å². The van der Waals surface area contributed by atoms with E-state index in [9.17, 15) is 13.2 Å². The minimum Gasteiger partial charge on any atom is -0.497 e. The van der Waals surface area contributed by atoms with Crippen molar-refractivity contribution in [2.75, 3.05) is 23.3 Å². The van der Waals surface area contributed by atoms with Gasteiger partial charge in [0, 0.05) is 15.7 Å². The summed E-state index contributed by atoms with van der Waals surface area (Å²) in [4.78, 5) is 12.8. The van der Waals surface area contributed by atoms with Crippen molar-refractivity contribution in [1.29, 1.82) is 0 Å². The molecular formula is C22H20Cl2N2O4S. The number of anilines is 2. The number of ether oxygens (including phenoxy) is 1. The Bertz CT molecular complexity index is 1180. The first kappa shape index (κ1) is 22.9. The van der Waals surface area contributed by atoms with Crippen LogP contribution in [0.2, 0.25) is 10.0 Å². The Balaban J connectivity index is 1.95. The number of hydrogen-bond acceptors (Lipinski definition) is 4. The smallest absolute Gasteiger partial charge is 0.264 e. The van der Waals surface area contributed by atoms with Crippen LogP contribution in [0.15, 0.2) is 71.6 Å². The molecule has 31 heavy (non-hydrogen) atoms. The van der Waals surface area contributed by atoms with Gasteiger partial charge in [-0.2, -0.15) is 0 Å². The van der Waals surface area contributed by atoms with Crippen molar-refractivity contribution < 1.29 is 17.9 Å². The van der Waals surface area contributed by atoms with Gasteiger partial charge < -0.3 is 10.1 Å². The standard InChI is InChI=1S/C22H20Cl2N2O4S/c1-15-20(24)4-3-5-21(15)25-22(27)14-26(17-8-6-16(23)7-9-17)31(28,29)19-12-10-18(30-2)11-13-19/h3-13H,14H2,1-2H3,(H,25,27). The van der Waals surface area contributed by atoms with Crippen LogP contribution in [0.1, 0.15) is 5.56 Å². The number of sulfonamides is 1. The van der Waals surface area contributed by atoms with Crippen LogP contribution in [0.25, 0.3) is 0 Å². The van der Waals surface area contributed by atoms with E-state index in [1.165, 1.54) is 19.2 Å².